The van der Waals surface area contributed by atoms with Crippen molar-refractivity contribution in [2.24, 2.45) is 0 Å². The highest BCUT2D eigenvalue weighted by atomic mass is 35.5. The average molecular weight is 819 g/mol. The molecule has 5 aromatic rings. The first-order valence-corrected chi connectivity index (χ1v) is 24.1. The maximum absolute atomic E-state index is 7.52. The number of hydrogen-bond donors (Lipinski definition) is 0. The Hall–Kier alpha value is -3.21. The van der Waals surface area contributed by atoms with Crippen LogP contribution in [-0.4, -0.2) is 12.3 Å². The summed E-state index contributed by atoms with van der Waals surface area (Å²) in [4.78, 5) is 5.53. The highest BCUT2D eigenvalue weighted by molar-refractivity contribution is 7.33. The summed E-state index contributed by atoms with van der Waals surface area (Å²) in [5.74, 6) is 0. The maximum Gasteiger partial charge on any atom is 0.264 e. The molecule has 5 heteroatoms. The van der Waals surface area contributed by atoms with E-state index in [0.29, 0.717) is 0 Å². The zero-order valence-corrected chi connectivity index (χ0v) is 39.7. The second-order valence-corrected chi connectivity index (χ2v) is 25.5. The van der Waals surface area contributed by atoms with Crippen LogP contribution in [0.3, 0.4) is 0 Å². The van der Waals surface area contributed by atoms with E-state index in [9.17, 15) is 0 Å². The smallest absolute Gasteiger partial charge is 0.264 e. The minimum Gasteiger partial charge on any atom is -0.335 e. The number of anilines is 5. The van der Waals surface area contributed by atoms with Gasteiger partial charge in [0.15, 0.2) is 0 Å². The van der Waals surface area contributed by atoms with Gasteiger partial charge >= 0.3 is 0 Å². The summed E-state index contributed by atoms with van der Waals surface area (Å²) in [5.41, 5.74) is 19.3. The van der Waals surface area contributed by atoms with Gasteiger partial charge in [-0.1, -0.05) is 126 Å². The summed E-state index contributed by atoms with van der Waals surface area (Å²) < 4.78 is 2.91. The van der Waals surface area contributed by atoms with Crippen LogP contribution < -0.4 is 25.5 Å². The molecule has 1 saturated carbocycles. The third-order valence-electron chi connectivity index (χ3n) is 17.5. The van der Waals surface area contributed by atoms with E-state index >= 15 is 0 Å². The van der Waals surface area contributed by atoms with Crippen molar-refractivity contribution >= 4 is 83.9 Å². The van der Waals surface area contributed by atoms with E-state index in [-0.39, 0.29) is 44.7 Å². The van der Waals surface area contributed by atoms with Gasteiger partial charge in [-0.05, 0) is 153 Å². The van der Waals surface area contributed by atoms with E-state index in [4.69, 9.17) is 11.6 Å². The molecule has 0 radical (unpaired) electrons. The van der Waals surface area contributed by atoms with Gasteiger partial charge in [0, 0.05) is 48.0 Å². The Labute approximate surface area is 364 Å². The topological polar surface area (TPSA) is 6.48 Å². The summed E-state index contributed by atoms with van der Waals surface area (Å²) in [6.45, 7) is 32.3. The molecule has 59 heavy (non-hydrogen) atoms. The van der Waals surface area contributed by atoms with Crippen molar-refractivity contribution in [3.05, 3.63) is 93.0 Å². The fourth-order valence-corrected chi connectivity index (χ4v) is 14.8. The van der Waals surface area contributed by atoms with Crippen LogP contribution in [0.5, 0.6) is 0 Å². The molecular weight excluding hydrogens is 755 g/mol. The van der Waals surface area contributed by atoms with Gasteiger partial charge in [0.1, 0.15) is 0 Å². The van der Waals surface area contributed by atoms with Gasteiger partial charge in [-0.3, -0.25) is 0 Å². The highest BCUT2D eigenvalue weighted by Gasteiger charge is 2.62. The molecule has 11 rings (SSSR count). The van der Waals surface area contributed by atoms with Crippen LogP contribution in [0, 0.1) is 0 Å². The van der Waals surface area contributed by atoms with Gasteiger partial charge in [-0.25, -0.2) is 0 Å². The first-order valence-electron chi connectivity index (χ1n) is 22.9. The molecule has 0 bridgehead atoms. The van der Waals surface area contributed by atoms with Gasteiger partial charge in [-0.2, -0.15) is 0 Å². The molecule has 2 unspecified atom stereocenters. The Kier molecular flexibility index (Phi) is 7.62. The summed E-state index contributed by atoms with van der Waals surface area (Å²) >= 11 is 9.60. The van der Waals surface area contributed by atoms with Gasteiger partial charge < -0.3 is 9.80 Å². The van der Waals surface area contributed by atoms with Crippen molar-refractivity contribution in [1.82, 2.24) is 0 Å². The first-order chi connectivity index (χ1) is 27.5. The van der Waals surface area contributed by atoms with Gasteiger partial charge in [0.05, 0.1) is 11.2 Å². The molecule has 1 fully saturated rings. The van der Waals surface area contributed by atoms with Crippen LogP contribution in [0.1, 0.15) is 175 Å². The molecule has 1 aromatic heterocycles. The van der Waals surface area contributed by atoms with E-state index < -0.39 is 0 Å². The lowest BCUT2D eigenvalue weighted by molar-refractivity contribution is 0.195. The first kappa shape index (κ1) is 38.7. The molecule has 0 N–H and O–H groups in total. The average Bonchev–Trinajstić information content (AvgIpc) is 3.63. The Morgan fingerprint density at radius 3 is 1.86 bits per heavy atom. The maximum atomic E-state index is 7.52. The molecule has 4 heterocycles. The van der Waals surface area contributed by atoms with Crippen molar-refractivity contribution in [2.75, 3.05) is 9.80 Å². The predicted molar refractivity (Wildman–Crippen MR) is 258 cm³/mol. The van der Waals surface area contributed by atoms with E-state index in [1.54, 1.807) is 11.1 Å². The van der Waals surface area contributed by atoms with Crippen LogP contribution in [0.25, 0.3) is 10.1 Å². The fourth-order valence-electron chi connectivity index (χ4n) is 13.3. The fraction of sp³-hybridized carbons (Fsp3) is 0.519. The van der Waals surface area contributed by atoms with Crippen LogP contribution in [0.2, 0.25) is 5.02 Å². The van der Waals surface area contributed by atoms with Gasteiger partial charge in [0.25, 0.3) is 6.71 Å². The number of thiophene rings is 1. The quantitative estimate of drug-likeness (QED) is 0.153. The lowest BCUT2D eigenvalue weighted by Crippen LogP contribution is -2.64. The normalized spacial score (nSPS) is 26.2. The minimum absolute atomic E-state index is 0.0209. The second kappa shape index (κ2) is 11.6. The molecule has 2 nitrogen and oxygen atoms in total. The molecular formula is C54H64BClN2S. The number of hydrogen-bond acceptors (Lipinski definition) is 3. The largest absolute Gasteiger partial charge is 0.335 e. The second-order valence-electron chi connectivity index (χ2n) is 24.0. The van der Waals surface area contributed by atoms with Crippen LogP contribution in [-0.2, 0) is 32.5 Å². The number of nitrogens with zero attached hydrogens (tertiary/aromatic N) is 2. The number of benzene rings is 4. The van der Waals surface area contributed by atoms with Crippen molar-refractivity contribution in [1.29, 1.82) is 0 Å². The van der Waals surface area contributed by atoms with Crippen molar-refractivity contribution in [2.45, 2.75) is 179 Å². The van der Waals surface area contributed by atoms with Gasteiger partial charge in [0.2, 0.25) is 0 Å². The minimum atomic E-state index is -0.0504. The molecule has 6 aliphatic rings. The monoisotopic (exact) mass is 818 g/mol. The number of halogens is 1. The molecule has 0 spiro atoms. The van der Waals surface area contributed by atoms with E-state index in [1.165, 1.54) is 128 Å². The van der Waals surface area contributed by atoms with Crippen molar-refractivity contribution in [3.8, 4) is 0 Å². The molecule has 0 amide bonds. The molecule has 4 aromatic carbocycles. The molecule has 3 aliphatic carbocycles. The lowest BCUT2D eigenvalue weighted by Gasteiger charge is -2.52. The Morgan fingerprint density at radius 2 is 1.20 bits per heavy atom. The van der Waals surface area contributed by atoms with Crippen molar-refractivity contribution in [3.63, 3.8) is 0 Å². The molecule has 2 atom stereocenters. The standard InChI is InChI=1S/C54H64BClN2S/c1-48(2,3)31-24-39-46-40(25-31)55-44-41(26-32(56)27-42(44)58(46)54(13)19-15-14-18-53(39,54)12)57(33-16-17-35-36(28-33)50(6,7)21-20-49(35,4)5)45-34-29-37-38(30-43(34)59-47(45)55)52(10,11)23-22-51(37,8)9/h16-17,24-30H,14-15,18-23H2,1-13H3. The zero-order chi connectivity index (χ0) is 41.8. The molecule has 3 aliphatic heterocycles. The van der Waals surface area contributed by atoms with E-state index in [2.05, 4.69) is 166 Å². The molecule has 306 valence electrons. The Balaban J connectivity index is 1.29. The Morgan fingerprint density at radius 1 is 0.610 bits per heavy atom. The third kappa shape index (κ3) is 4.94. The SMILES string of the molecule is CC(C)(C)c1cc2c3c(c1)C1(C)CCCCC1(C)N3c1cc(Cl)cc3c1B2c1sc2cc4c(cc2c1N3c1ccc2c(c1)C(C)(C)CCC2(C)C)C(C)(C)CCC4(C)C. The molecule has 0 saturated heterocycles. The lowest BCUT2D eigenvalue weighted by atomic mass is 9.36. The highest BCUT2D eigenvalue weighted by Crippen LogP contribution is 2.63. The number of rotatable bonds is 1. The van der Waals surface area contributed by atoms with Crippen LogP contribution in [0.15, 0.2) is 54.6 Å². The Bertz CT molecular complexity index is 2690. The van der Waals surface area contributed by atoms with Gasteiger partial charge in [-0.15, -0.1) is 11.3 Å². The van der Waals surface area contributed by atoms with Crippen molar-refractivity contribution < 1.29 is 0 Å². The zero-order valence-electron chi connectivity index (χ0n) is 38.1. The number of fused-ring (bicyclic) bond motifs is 11. The summed E-state index contributed by atoms with van der Waals surface area (Å²) in [5, 5.41) is 2.23. The summed E-state index contributed by atoms with van der Waals surface area (Å²) in [6.07, 6.45) is 9.75. The third-order valence-corrected chi connectivity index (χ3v) is 18.9. The summed E-state index contributed by atoms with van der Waals surface area (Å²) in [6, 6.07) is 22.8. The summed E-state index contributed by atoms with van der Waals surface area (Å²) in [7, 11) is 0. The van der Waals surface area contributed by atoms with Crippen LogP contribution in [0.4, 0.5) is 28.4 Å². The van der Waals surface area contributed by atoms with E-state index in [0.717, 1.165) is 5.02 Å². The van der Waals surface area contributed by atoms with Crippen LogP contribution >= 0.6 is 22.9 Å². The predicted octanol–water partition coefficient (Wildman–Crippen LogP) is 13.9. The van der Waals surface area contributed by atoms with E-state index in [1.807, 2.05) is 0 Å².